The number of benzene rings is 1. The van der Waals surface area contributed by atoms with Crippen LogP contribution in [0, 0.1) is 0 Å². The average molecular weight is 239 g/mol. The lowest BCUT2D eigenvalue weighted by Crippen LogP contribution is -2.57. The summed E-state index contributed by atoms with van der Waals surface area (Å²) >= 11 is 5.85. The van der Waals surface area contributed by atoms with Gasteiger partial charge in [-0.05, 0) is 25.1 Å². The summed E-state index contributed by atoms with van der Waals surface area (Å²) < 4.78 is 0. The predicted octanol–water partition coefficient (Wildman–Crippen LogP) is 1.19. The molecule has 1 N–H and O–H groups in total. The van der Waals surface area contributed by atoms with Crippen molar-refractivity contribution in [2.24, 2.45) is 0 Å². The Balaban J connectivity index is 2.32. The average Bonchev–Trinajstić information content (AvgIpc) is 2.23. The monoisotopic (exact) mass is 238 g/mol. The van der Waals surface area contributed by atoms with Gasteiger partial charge in [0.2, 0.25) is 11.8 Å². The number of carbonyl (C=O) groups excluding carboxylic acids is 2. The standard InChI is InChI=1S/C11H11ClN2O2/c1-7-11(16)14(6-10(15)13-7)9-4-2-3-8(12)5-9/h2-5,7H,6H2,1H3,(H,13,15). The van der Waals surface area contributed by atoms with Gasteiger partial charge < -0.3 is 10.2 Å². The molecule has 2 rings (SSSR count). The summed E-state index contributed by atoms with van der Waals surface area (Å²) in [5, 5.41) is 3.13. The molecule has 0 aromatic heterocycles. The largest absolute Gasteiger partial charge is 0.343 e. The molecule has 0 aliphatic carbocycles. The zero-order valence-corrected chi connectivity index (χ0v) is 9.49. The third kappa shape index (κ3) is 2.02. The molecule has 16 heavy (non-hydrogen) atoms. The smallest absolute Gasteiger partial charge is 0.249 e. The Labute approximate surface area is 98.2 Å². The molecule has 0 bridgehead atoms. The minimum absolute atomic E-state index is 0.0452. The number of piperazine rings is 1. The summed E-state index contributed by atoms with van der Waals surface area (Å²) in [6.07, 6.45) is 0. The summed E-state index contributed by atoms with van der Waals surface area (Å²) in [5.74, 6) is -0.283. The third-order valence-corrected chi connectivity index (χ3v) is 2.67. The van der Waals surface area contributed by atoms with E-state index in [4.69, 9.17) is 11.6 Å². The van der Waals surface area contributed by atoms with Crippen LogP contribution in [-0.4, -0.2) is 24.4 Å². The topological polar surface area (TPSA) is 49.4 Å². The number of halogens is 1. The zero-order valence-electron chi connectivity index (χ0n) is 8.74. The first-order chi connectivity index (χ1) is 7.58. The highest BCUT2D eigenvalue weighted by Crippen LogP contribution is 2.21. The molecule has 1 aliphatic rings. The van der Waals surface area contributed by atoms with Crippen LogP contribution in [-0.2, 0) is 9.59 Å². The lowest BCUT2D eigenvalue weighted by Gasteiger charge is -2.30. The van der Waals surface area contributed by atoms with Crippen molar-refractivity contribution in [2.45, 2.75) is 13.0 Å². The van der Waals surface area contributed by atoms with Gasteiger partial charge in [0, 0.05) is 10.7 Å². The molecule has 1 saturated heterocycles. The molecule has 84 valence electrons. The van der Waals surface area contributed by atoms with Crippen molar-refractivity contribution in [2.75, 3.05) is 11.4 Å². The number of hydrogen-bond donors (Lipinski definition) is 1. The Morgan fingerprint density at radius 1 is 1.44 bits per heavy atom. The molecule has 2 amide bonds. The molecule has 1 aromatic carbocycles. The van der Waals surface area contributed by atoms with Crippen LogP contribution in [0.5, 0.6) is 0 Å². The molecular formula is C11H11ClN2O2. The van der Waals surface area contributed by atoms with Gasteiger partial charge >= 0.3 is 0 Å². The Morgan fingerprint density at radius 2 is 2.19 bits per heavy atom. The van der Waals surface area contributed by atoms with Gasteiger partial charge in [0.15, 0.2) is 0 Å². The maximum Gasteiger partial charge on any atom is 0.249 e. The highest BCUT2D eigenvalue weighted by Gasteiger charge is 2.30. The van der Waals surface area contributed by atoms with Gasteiger partial charge in [-0.2, -0.15) is 0 Å². The van der Waals surface area contributed by atoms with E-state index >= 15 is 0 Å². The molecule has 1 unspecified atom stereocenters. The van der Waals surface area contributed by atoms with E-state index in [1.54, 1.807) is 31.2 Å². The number of nitrogens with zero attached hydrogens (tertiary/aromatic N) is 1. The van der Waals surface area contributed by atoms with Crippen molar-refractivity contribution in [3.05, 3.63) is 29.3 Å². The van der Waals surface area contributed by atoms with Gasteiger partial charge in [-0.25, -0.2) is 0 Å². The number of rotatable bonds is 1. The van der Waals surface area contributed by atoms with Crippen LogP contribution >= 0.6 is 11.6 Å². The fourth-order valence-corrected chi connectivity index (χ4v) is 1.85. The third-order valence-electron chi connectivity index (χ3n) is 2.44. The SMILES string of the molecule is CC1NC(=O)CN(c2cccc(Cl)c2)C1=O. The molecule has 0 saturated carbocycles. The van der Waals surface area contributed by atoms with Crippen molar-refractivity contribution in [3.63, 3.8) is 0 Å². The fourth-order valence-electron chi connectivity index (χ4n) is 1.67. The minimum atomic E-state index is -0.486. The summed E-state index contributed by atoms with van der Waals surface area (Å²) in [6.45, 7) is 1.71. The fraction of sp³-hybridized carbons (Fsp3) is 0.273. The van der Waals surface area contributed by atoms with Crippen molar-refractivity contribution in [3.8, 4) is 0 Å². The second-order valence-corrected chi connectivity index (χ2v) is 4.13. The van der Waals surface area contributed by atoms with Crippen molar-refractivity contribution in [1.82, 2.24) is 5.32 Å². The molecule has 0 radical (unpaired) electrons. The number of hydrogen-bond acceptors (Lipinski definition) is 2. The highest BCUT2D eigenvalue weighted by molar-refractivity contribution is 6.31. The van der Waals surface area contributed by atoms with E-state index in [-0.39, 0.29) is 18.4 Å². The number of amides is 2. The summed E-state index contributed by atoms with van der Waals surface area (Å²) in [7, 11) is 0. The quantitative estimate of drug-likeness (QED) is 0.799. The molecular weight excluding hydrogens is 228 g/mol. The predicted molar refractivity (Wildman–Crippen MR) is 61.4 cm³/mol. The Kier molecular flexibility index (Phi) is 2.83. The lowest BCUT2D eigenvalue weighted by atomic mass is 10.2. The summed E-state index contributed by atoms with van der Waals surface area (Å²) in [4.78, 5) is 24.6. The van der Waals surface area contributed by atoms with Crippen LogP contribution in [0.15, 0.2) is 24.3 Å². The number of carbonyl (C=O) groups is 2. The zero-order chi connectivity index (χ0) is 11.7. The van der Waals surface area contributed by atoms with Gasteiger partial charge in [-0.15, -0.1) is 0 Å². The highest BCUT2D eigenvalue weighted by atomic mass is 35.5. The molecule has 1 atom stereocenters. The van der Waals surface area contributed by atoms with Gasteiger partial charge in [-0.1, -0.05) is 17.7 Å². The van der Waals surface area contributed by atoms with E-state index < -0.39 is 6.04 Å². The van der Waals surface area contributed by atoms with Crippen LogP contribution < -0.4 is 10.2 Å². The van der Waals surface area contributed by atoms with E-state index in [1.807, 2.05) is 0 Å². The normalized spacial score (nSPS) is 20.9. The Bertz CT molecular complexity index is 447. The molecule has 1 fully saturated rings. The second-order valence-electron chi connectivity index (χ2n) is 3.69. The summed E-state index contributed by atoms with van der Waals surface area (Å²) in [5.41, 5.74) is 0.652. The minimum Gasteiger partial charge on any atom is -0.343 e. The molecule has 5 heteroatoms. The Hall–Kier alpha value is -1.55. The first-order valence-electron chi connectivity index (χ1n) is 4.94. The second kappa shape index (κ2) is 4.14. The molecule has 0 spiro atoms. The maximum atomic E-state index is 11.9. The van der Waals surface area contributed by atoms with Crippen molar-refractivity contribution < 1.29 is 9.59 Å². The van der Waals surface area contributed by atoms with Crippen LogP contribution in [0.3, 0.4) is 0 Å². The van der Waals surface area contributed by atoms with Gasteiger partial charge in [0.25, 0.3) is 0 Å². The molecule has 1 aromatic rings. The van der Waals surface area contributed by atoms with E-state index in [0.29, 0.717) is 10.7 Å². The molecule has 1 heterocycles. The van der Waals surface area contributed by atoms with Crippen molar-refractivity contribution >= 4 is 29.1 Å². The summed E-state index contributed by atoms with van der Waals surface area (Å²) in [6, 6.07) is 6.42. The van der Waals surface area contributed by atoms with Crippen LogP contribution in [0.1, 0.15) is 6.92 Å². The van der Waals surface area contributed by atoms with Crippen LogP contribution in [0.25, 0.3) is 0 Å². The Morgan fingerprint density at radius 3 is 2.88 bits per heavy atom. The molecule has 4 nitrogen and oxygen atoms in total. The number of anilines is 1. The van der Waals surface area contributed by atoms with E-state index in [1.165, 1.54) is 4.90 Å². The van der Waals surface area contributed by atoms with E-state index in [0.717, 1.165) is 0 Å². The number of nitrogens with one attached hydrogen (secondary N) is 1. The lowest BCUT2D eigenvalue weighted by molar-refractivity contribution is -0.130. The van der Waals surface area contributed by atoms with Gasteiger partial charge in [0.1, 0.15) is 12.6 Å². The van der Waals surface area contributed by atoms with Crippen LogP contribution in [0.2, 0.25) is 5.02 Å². The van der Waals surface area contributed by atoms with Crippen molar-refractivity contribution in [1.29, 1.82) is 0 Å². The maximum absolute atomic E-state index is 11.9. The van der Waals surface area contributed by atoms with E-state index in [2.05, 4.69) is 5.32 Å². The van der Waals surface area contributed by atoms with Gasteiger partial charge in [-0.3, -0.25) is 9.59 Å². The van der Waals surface area contributed by atoms with E-state index in [9.17, 15) is 9.59 Å². The first kappa shape index (κ1) is 11.0. The van der Waals surface area contributed by atoms with Crippen LogP contribution in [0.4, 0.5) is 5.69 Å². The first-order valence-corrected chi connectivity index (χ1v) is 5.32. The molecule has 1 aliphatic heterocycles. The van der Waals surface area contributed by atoms with Gasteiger partial charge in [0.05, 0.1) is 0 Å².